The number of hydrogen-bond acceptors (Lipinski definition) is 4. The Morgan fingerprint density at radius 1 is 0.897 bits per heavy atom. The van der Waals surface area contributed by atoms with Gasteiger partial charge >= 0.3 is 6.09 Å². The minimum Gasteiger partial charge on any atom is -0.391 e. The van der Waals surface area contributed by atoms with Gasteiger partial charge in [0.15, 0.2) is 0 Å². The molecule has 2 unspecified atom stereocenters. The van der Waals surface area contributed by atoms with Gasteiger partial charge in [-0.2, -0.15) is 0 Å². The minimum atomic E-state index is -0.463. The Morgan fingerprint density at radius 2 is 1.55 bits per heavy atom. The summed E-state index contributed by atoms with van der Waals surface area (Å²) in [6, 6.07) is 14.6. The van der Waals surface area contributed by atoms with Gasteiger partial charge in [-0.15, -0.1) is 0 Å². The van der Waals surface area contributed by atoms with E-state index in [1.165, 1.54) is 6.42 Å². The summed E-state index contributed by atoms with van der Waals surface area (Å²) in [5.74, 6) is 1.30. The summed E-state index contributed by atoms with van der Waals surface area (Å²) >= 11 is 0. The molecule has 6 heteroatoms. The quantitative estimate of drug-likeness (QED) is 0.833. The van der Waals surface area contributed by atoms with Gasteiger partial charge in [-0.1, -0.05) is 24.3 Å². The first-order valence-electron chi connectivity index (χ1n) is 10.3. The Balaban J connectivity index is 1.33. The molecule has 0 aliphatic heterocycles. The molecule has 2 amide bonds. The summed E-state index contributed by atoms with van der Waals surface area (Å²) in [6.07, 6.45) is 6.94. The van der Waals surface area contributed by atoms with Gasteiger partial charge in [-0.25, -0.2) is 9.78 Å². The smallest absolute Gasteiger partial charge is 0.391 e. The van der Waals surface area contributed by atoms with Crippen molar-refractivity contribution in [2.45, 2.75) is 49.6 Å². The first-order valence-corrected chi connectivity index (χ1v) is 10.3. The van der Waals surface area contributed by atoms with E-state index in [2.05, 4.69) is 15.6 Å². The molecule has 0 saturated heterocycles. The molecule has 1 aromatic carbocycles. The molecule has 1 aromatic heterocycles. The number of nitrogens with zero attached hydrogens (tertiary/aromatic N) is 1. The van der Waals surface area contributed by atoms with Gasteiger partial charge in [-0.3, -0.25) is 4.79 Å². The van der Waals surface area contributed by atoms with E-state index in [1.54, 1.807) is 24.4 Å². The van der Waals surface area contributed by atoms with Crippen LogP contribution in [0.15, 0.2) is 54.7 Å². The molecule has 0 spiro atoms. The molecular formula is C23H25N3O3. The fourth-order valence-corrected chi connectivity index (χ4v) is 6.20. The van der Waals surface area contributed by atoms with Gasteiger partial charge in [-0.05, 0) is 68.6 Å². The lowest BCUT2D eigenvalue weighted by atomic mass is 9.50. The van der Waals surface area contributed by atoms with E-state index >= 15 is 0 Å². The molecule has 1 heterocycles. The highest BCUT2D eigenvalue weighted by Gasteiger charge is 2.59. The van der Waals surface area contributed by atoms with Crippen LogP contribution in [0.3, 0.4) is 0 Å². The van der Waals surface area contributed by atoms with Gasteiger partial charge < -0.3 is 15.4 Å². The predicted molar refractivity (Wildman–Crippen MR) is 107 cm³/mol. The molecule has 4 saturated carbocycles. The van der Waals surface area contributed by atoms with Gasteiger partial charge in [0, 0.05) is 28.9 Å². The third kappa shape index (κ3) is 3.59. The first kappa shape index (κ1) is 18.2. The zero-order valence-electron chi connectivity index (χ0n) is 16.3. The van der Waals surface area contributed by atoms with Crippen molar-refractivity contribution < 1.29 is 14.3 Å². The second kappa shape index (κ2) is 6.87. The zero-order valence-corrected chi connectivity index (χ0v) is 16.3. The van der Waals surface area contributed by atoms with Crippen molar-refractivity contribution in [1.82, 2.24) is 15.6 Å². The monoisotopic (exact) mass is 391 g/mol. The number of carbonyl (C=O) groups excluding carboxylic acids is 2. The number of carbonyl (C=O) groups is 2. The molecular weight excluding hydrogens is 366 g/mol. The van der Waals surface area contributed by atoms with Crippen LogP contribution in [-0.4, -0.2) is 28.1 Å². The van der Waals surface area contributed by atoms with Crippen LogP contribution in [-0.2, 0) is 0 Å². The van der Waals surface area contributed by atoms with Crippen LogP contribution in [0, 0.1) is 11.8 Å². The lowest BCUT2D eigenvalue weighted by Crippen LogP contribution is -2.70. The molecule has 6 nitrogen and oxygen atoms in total. The summed E-state index contributed by atoms with van der Waals surface area (Å²) in [4.78, 5) is 29.5. The number of nitrogens with one attached hydrogen (secondary N) is 2. The number of hydrogen-bond donors (Lipinski definition) is 2. The molecule has 4 aliphatic carbocycles. The maximum atomic E-state index is 12.9. The van der Waals surface area contributed by atoms with E-state index in [1.807, 2.05) is 30.3 Å². The topological polar surface area (TPSA) is 80.3 Å². The number of aromatic nitrogens is 1. The molecule has 4 fully saturated rings. The number of benzene rings is 1. The number of pyridine rings is 1. The van der Waals surface area contributed by atoms with Gasteiger partial charge in [0.25, 0.3) is 5.91 Å². The largest absolute Gasteiger partial charge is 0.414 e. The third-order valence-corrected chi connectivity index (χ3v) is 6.68. The van der Waals surface area contributed by atoms with Gasteiger partial charge in [0.2, 0.25) is 5.88 Å². The van der Waals surface area contributed by atoms with E-state index < -0.39 is 6.09 Å². The molecule has 2 aromatic rings. The van der Waals surface area contributed by atoms with Crippen molar-refractivity contribution in [3.05, 3.63) is 60.3 Å². The van der Waals surface area contributed by atoms with Crippen molar-refractivity contribution in [3.8, 4) is 5.88 Å². The van der Waals surface area contributed by atoms with Crippen LogP contribution in [0.1, 0.15) is 48.9 Å². The van der Waals surface area contributed by atoms with Crippen LogP contribution in [0.4, 0.5) is 4.79 Å². The van der Waals surface area contributed by atoms with Crippen LogP contribution in [0.25, 0.3) is 0 Å². The highest BCUT2D eigenvalue weighted by Crippen LogP contribution is 2.57. The molecule has 6 rings (SSSR count). The lowest BCUT2D eigenvalue weighted by molar-refractivity contribution is -0.0449. The number of ether oxygens (including phenoxy) is 1. The standard InChI is InChI=1S/C23H25N3O3/c27-20(18-6-2-1-3-7-18)25-22-11-16-10-17(12-22)14-23(13-16,15-22)26-21(28)29-19-8-4-5-9-24-19/h1-9,16-17H,10-15H2,(H,25,27)(H,26,28). The fourth-order valence-electron chi connectivity index (χ4n) is 6.20. The minimum absolute atomic E-state index is 0.0289. The maximum absolute atomic E-state index is 12.9. The Kier molecular flexibility index (Phi) is 4.30. The summed E-state index contributed by atoms with van der Waals surface area (Å²) in [5, 5.41) is 6.50. The summed E-state index contributed by atoms with van der Waals surface area (Å²) in [6.45, 7) is 0. The normalized spacial score (nSPS) is 31.9. The summed E-state index contributed by atoms with van der Waals surface area (Å²) in [5.41, 5.74) is 0.106. The molecule has 4 aliphatic rings. The first-order chi connectivity index (χ1) is 14.0. The predicted octanol–water partition coefficient (Wildman–Crippen LogP) is 3.69. The Labute approximate surface area is 170 Å². The maximum Gasteiger partial charge on any atom is 0.414 e. The van der Waals surface area contributed by atoms with Crippen molar-refractivity contribution in [3.63, 3.8) is 0 Å². The van der Waals surface area contributed by atoms with Gasteiger partial charge in [0.1, 0.15) is 0 Å². The van der Waals surface area contributed by atoms with Crippen molar-refractivity contribution in [2.24, 2.45) is 11.8 Å². The fraction of sp³-hybridized carbons (Fsp3) is 0.435. The average molecular weight is 391 g/mol. The van der Waals surface area contributed by atoms with Crippen LogP contribution < -0.4 is 15.4 Å². The molecule has 29 heavy (non-hydrogen) atoms. The number of amides is 2. The highest BCUT2D eigenvalue weighted by atomic mass is 16.6. The van der Waals surface area contributed by atoms with Crippen LogP contribution >= 0.6 is 0 Å². The molecule has 4 bridgehead atoms. The number of rotatable bonds is 4. The van der Waals surface area contributed by atoms with E-state index in [9.17, 15) is 9.59 Å². The van der Waals surface area contributed by atoms with Crippen molar-refractivity contribution in [2.75, 3.05) is 0 Å². The lowest BCUT2D eigenvalue weighted by Gasteiger charge is -2.62. The Morgan fingerprint density at radius 3 is 2.21 bits per heavy atom. The second-order valence-corrected chi connectivity index (χ2v) is 9.02. The molecule has 2 N–H and O–H groups in total. The molecule has 0 radical (unpaired) electrons. The van der Waals surface area contributed by atoms with E-state index in [-0.39, 0.29) is 17.0 Å². The van der Waals surface area contributed by atoms with Crippen molar-refractivity contribution >= 4 is 12.0 Å². The van der Waals surface area contributed by atoms with Crippen LogP contribution in [0.2, 0.25) is 0 Å². The molecule has 150 valence electrons. The summed E-state index contributed by atoms with van der Waals surface area (Å²) in [7, 11) is 0. The van der Waals surface area contributed by atoms with E-state index in [0.29, 0.717) is 23.3 Å². The van der Waals surface area contributed by atoms with E-state index in [4.69, 9.17) is 4.74 Å². The Bertz CT molecular complexity index is 901. The summed E-state index contributed by atoms with van der Waals surface area (Å²) < 4.78 is 5.39. The van der Waals surface area contributed by atoms with Crippen molar-refractivity contribution in [1.29, 1.82) is 0 Å². The zero-order chi connectivity index (χ0) is 19.9. The Hall–Kier alpha value is -2.89. The van der Waals surface area contributed by atoms with Gasteiger partial charge in [0.05, 0.1) is 0 Å². The third-order valence-electron chi connectivity index (χ3n) is 6.68. The average Bonchev–Trinajstić information content (AvgIpc) is 2.67. The second-order valence-electron chi connectivity index (χ2n) is 9.02. The SMILES string of the molecule is O=C(NC12CC3CC(C1)CC(NC(=O)c1ccccc1)(C3)C2)Oc1ccccn1. The van der Waals surface area contributed by atoms with Crippen LogP contribution in [0.5, 0.6) is 5.88 Å². The van der Waals surface area contributed by atoms with E-state index in [0.717, 1.165) is 32.1 Å². The highest BCUT2D eigenvalue weighted by molar-refractivity contribution is 5.94. The molecule has 2 atom stereocenters.